The summed E-state index contributed by atoms with van der Waals surface area (Å²) >= 11 is 0. The van der Waals surface area contributed by atoms with Gasteiger partial charge < -0.3 is 0 Å². The van der Waals surface area contributed by atoms with Crippen LogP contribution in [0.1, 0.15) is 52.4 Å². The van der Waals surface area contributed by atoms with Crippen molar-refractivity contribution in [3.63, 3.8) is 0 Å². The van der Waals surface area contributed by atoms with Crippen LogP contribution in [0, 0.1) is 11.8 Å². The average molecular weight is 166 g/mol. The third-order valence-electron chi connectivity index (χ3n) is 2.90. The Balaban J connectivity index is 2.35. The van der Waals surface area contributed by atoms with Crippen molar-refractivity contribution < 1.29 is 0 Å². The lowest BCUT2D eigenvalue weighted by Crippen LogP contribution is -2.00. The van der Waals surface area contributed by atoms with Crippen molar-refractivity contribution in [2.75, 3.05) is 0 Å². The minimum Gasteiger partial charge on any atom is -0.0883 e. The second kappa shape index (κ2) is 5.40. The normalized spacial score (nSPS) is 33.2. The molecule has 0 aromatic rings. The van der Waals surface area contributed by atoms with Gasteiger partial charge in [0.2, 0.25) is 0 Å². The summed E-state index contributed by atoms with van der Waals surface area (Å²) in [5.41, 5.74) is 0. The number of rotatable bonds is 0. The van der Waals surface area contributed by atoms with Gasteiger partial charge in [-0.05, 0) is 31.1 Å². The van der Waals surface area contributed by atoms with E-state index in [1.807, 2.05) is 0 Å². The molecule has 0 N–H and O–H groups in total. The average Bonchev–Trinajstić information content (AvgIpc) is 2.07. The number of hydrogen-bond acceptors (Lipinski definition) is 0. The van der Waals surface area contributed by atoms with E-state index in [0.717, 1.165) is 11.8 Å². The highest BCUT2D eigenvalue weighted by Crippen LogP contribution is 2.20. The lowest BCUT2D eigenvalue weighted by molar-refractivity contribution is 0.423. The number of allylic oxidation sites excluding steroid dienone is 2. The van der Waals surface area contributed by atoms with Gasteiger partial charge in [-0.2, -0.15) is 0 Å². The van der Waals surface area contributed by atoms with Crippen LogP contribution in [0.25, 0.3) is 0 Å². The second-order valence-electron chi connectivity index (χ2n) is 4.37. The summed E-state index contributed by atoms with van der Waals surface area (Å²) in [6.45, 7) is 4.74. The van der Waals surface area contributed by atoms with E-state index in [0.29, 0.717) is 0 Å². The minimum absolute atomic E-state index is 0.811. The number of hydrogen-bond donors (Lipinski definition) is 0. The summed E-state index contributed by atoms with van der Waals surface area (Å²) in [4.78, 5) is 0. The van der Waals surface area contributed by atoms with Gasteiger partial charge in [0.15, 0.2) is 0 Å². The quantitative estimate of drug-likeness (QED) is 0.474. The monoisotopic (exact) mass is 166 g/mol. The maximum absolute atomic E-state index is 2.40. The van der Waals surface area contributed by atoms with E-state index in [4.69, 9.17) is 0 Å². The molecule has 0 spiro atoms. The zero-order valence-electron chi connectivity index (χ0n) is 8.55. The van der Waals surface area contributed by atoms with Crippen LogP contribution in [0.5, 0.6) is 0 Å². The molecule has 0 heterocycles. The lowest BCUT2D eigenvalue weighted by Gasteiger charge is -2.14. The first-order valence-electron chi connectivity index (χ1n) is 5.45. The highest BCUT2D eigenvalue weighted by atomic mass is 14.1. The molecule has 0 bridgehead atoms. The van der Waals surface area contributed by atoms with Gasteiger partial charge in [0.25, 0.3) is 0 Å². The highest BCUT2D eigenvalue weighted by Gasteiger charge is 2.05. The Bertz CT molecular complexity index is 135. The molecule has 0 heteroatoms. The van der Waals surface area contributed by atoms with Gasteiger partial charge in [-0.15, -0.1) is 0 Å². The van der Waals surface area contributed by atoms with Crippen molar-refractivity contribution in [1.82, 2.24) is 0 Å². The third kappa shape index (κ3) is 3.94. The van der Waals surface area contributed by atoms with Gasteiger partial charge >= 0.3 is 0 Å². The molecule has 12 heavy (non-hydrogen) atoms. The predicted octanol–water partition coefficient (Wildman–Crippen LogP) is 4.17. The summed E-state index contributed by atoms with van der Waals surface area (Å²) in [7, 11) is 0. The molecule has 0 fully saturated rings. The van der Waals surface area contributed by atoms with Crippen LogP contribution < -0.4 is 0 Å². The van der Waals surface area contributed by atoms with E-state index in [1.54, 1.807) is 0 Å². The van der Waals surface area contributed by atoms with E-state index in [2.05, 4.69) is 26.0 Å². The fourth-order valence-corrected chi connectivity index (χ4v) is 1.87. The van der Waals surface area contributed by atoms with Crippen molar-refractivity contribution in [2.24, 2.45) is 11.8 Å². The molecular weight excluding hydrogens is 144 g/mol. The summed E-state index contributed by atoms with van der Waals surface area (Å²) in [6, 6.07) is 0. The van der Waals surface area contributed by atoms with Crippen LogP contribution in [0.2, 0.25) is 0 Å². The molecule has 0 aliphatic heterocycles. The maximum atomic E-state index is 2.40. The van der Waals surface area contributed by atoms with Crippen molar-refractivity contribution in [3.8, 4) is 0 Å². The van der Waals surface area contributed by atoms with E-state index < -0.39 is 0 Å². The maximum Gasteiger partial charge on any atom is -0.0262 e. The molecule has 2 atom stereocenters. The fraction of sp³-hybridized carbons (Fsp3) is 0.833. The van der Waals surface area contributed by atoms with Crippen LogP contribution in [0.3, 0.4) is 0 Å². The Morgan fingerprint density at radius 1 is 1.00 bits per heavy atom. The zero-order chi connectivity index (χ0) is 8.81. The van der Waals surface area contributed by atoms with E-state index in [9.17, 15) is 0 Å². The molecular formula is C12H22. The molecule has 0 aromatic heterocycles. The van der Waals surface area contributed by atoms with Gasteiger partial charge in [0.05, 0.1) is 0 Å². The highest BCUT2D eigenvalue weighted by molar-refractivity contribution is 4.87. The van der Waals surface area contributed by atoms with Gasteiger partial charge in [0.1, 0.15) is 0 Å². The van der Waals surface area contributed by atoms with Gasteiger partial charge in [0, 0.05) is 0 Å². The molecule has 0 amide bonds. The summed E-state index contributed by atoms with van der Waals surface area (Å²) < 4.78 is 0. The molecule has 2 unspecified atom stereocenters. The largest absolute Gasteiger partial charge is 0.0883 e. The van der Waals surface area contributed by atoms with Crippen molar-refractivity contribution in [1.29, 1.82) is 0 Å². The summed E-state index contributed by atoms with van der Waals surface area (Å²) in [5, 5.41) is 0. The second-order valence-corrected chi connectivity index (χ2v) is 4.37. The third-order valence-corrected chi connectivity index (χ3v) is 2.90. The smallest absolute Gasteiger partial charge is 0.0262 e. The Labute approximate surface area is 77.1 Å². The van der Waals surface area contributed by atoms with Crippen LogP contribution in [-0.2, 0) is 0 Å². The molecule has 0 aromatic carbocycles. The lowest BCUT2D eigenvalue weighted by atomic mass is 9.92. The van der Waals surface area contributed by atoms with Gasteiger partial charge in [-0.3, -0.25) is 0 Å². The Morgan fingerprint density at radius 2 is 1.83 bits per heavy atom. The molecule has 0 saturated carbocycles. The van der Waals surface area contributed by atoms with Crippen molar-refractivity contribution in [2.45, 2.75) is 52.4 Å². The first-order chi connectivity index (χ1) is 5.79. The Morgan fingerprint density at radius 3 is 2.67 bits per heavy atom. The van der Waals surface area contributed by atoms with E-state index in [1.165, 1.54) is 38.5 Å². The topological polar surface area (TPSA) is 0 Å². The molecule has 1 rings (SSSR count). The molecule has 0 nitrogen and oxygen atoms in total. The molecule has 1 aliphatic carbocycles. The SMILES string of the molecule is CC1C=CCCCCC(C)CC1. The fourth-order valence-electron chi connectivity index (χ4n) is 1.87. The minimum atomic E-state index is 0.811. The van der Waals surface area contributed by atoms with Crippen LogP contribution >= 0.6 is 0 Å². The van der Waals surface area contributed by atoms with Crippen LogP contribution in [0.15, 0.2) is 12.2 Å². The van der Waals surface area contributed by atoms with Crippen LogP contribution in [-0.4, -0.2) is 0 Å². The van der Waals surface area contributed by atoms with E-state index in [-0.39, 0.29) is 0 Å². The van der Waals surface area contributed by atoms with Crippen LogP contribution in [0.4, 0.5) is 0 Å². The molecule has 1 aliphatic rings. The van der Waals surface area contributed by atoms with Crippen molar-refractivity contribution in [3.05, 3.63) is 12.2 Å². The molecule has 0 saturated heterocycles. The van der Waals surface area contributed by atoms with Crippen molar-refractivity contribution >= 4 is 0 Å². The van der Waals surface area contributed by atoms with E-state index >= 15 is 0 Å². The molecule has 0 radical (unpaired) electrons. The van der Waals surface area contributed by atoms with Gasteiger partial charge in [-0.25, -0.2) is 0 Å². The first kappa shape index (κ1) is 9.83. The summed E-state index contributed by atoms with van der Waals surface area (Å²) in [5.74, 6) is 1.77. The first-order valence-corrected chi connectivity index (χ1v) is 5.45. The zero-order valence-corrected chi connectivity index (χ0v) is 8.55. The Kier molecular flexibility index (Phi) is 4.42. The standard InChI is InChI=1S/C12H22/c1-11-7-5-3-4-6-8-12(2)10-9-11/h5,7,11-12H,3-4,6,8-10H2,1-2H3. The van der Waals surface area contributed by atoms with Gasteiger partial charge in [-0.1, -0.05) is 45.3 Å². The Hall–Kier alpha value is -0.260. The molecule has 70 valence electrons. The predicted molar refractivity (Wildman–Crippen MR) is 55.2 cm³/mol. The summed E-state index contributed by atoms with van der Waals surface area (Å²) in [6.07, 6.45) is 13.2.